The zero-order valence-electron chi connectivity index (χ0n) is 13.5. The fourth-order valence-corrected chi connectivity index (χ4v) is 3.18. The molecule has 0 saturated carbocycles. The maximum absolute atomic E-state index is 6.02. The Morgan fingerprint density at radius 2 is 2.00 bits per heavy atom. The number of benzene rings is 1. The van der Waals surface area contributed by atoms with Gasteiger partial charge in [0.15, 0.2) is 0 Å². The van der Waals surface area contributed by atoms with Gasteiger partial charge in [0, 0.05) is 54.3 Å². The highest BCUT2D eigenvalue weighted by Gasteiger charge is 2.16. The minimum Gasteiger partial charge on any atom is -0.385 e. The van der Waals surface area contributed by atoms with Gasteiger partial charge in [-0.1, -0.05) is 30.7 Å². The number of rotatable bonds is 6. The van der Waals surface area contributed by atoms with Crippen LogP contribution >= 0.6 is 11.6 Å². The highest BCUT2D eigenvalue weighted by Crippen LogP contribution is 2.34. The average molecular weight is 329 g/mol. The van der Waals surface area contributed by atoms with E-state index < -0.39 is 0 Å². The molecule has 0 radical (unpaired) electrons. The number of aromatic nitrogens is 2. The third-order valence-electron chi connectivity index (χ3n) is 4.31. The number of hydrogen-bond donors (Lipinski definition) is 0. The van der Waals surface area contributed by atoms with Crippen molar-refractivity contribution in [2.45, 2.75) is 25.8 Å². The Labute approximate surface area is 141 Å². The molecule has 0 amide bonds. The van der Waals surface area contributed by atoms with E-state index in [2.05, 4.69) is 40.9 Å². The van der Waals surface area contributed by atoms with Gasteiger partial charge in [0.05, 0.1) is 5.52 Å². The van der Waals surface area contributed by atoms with Gasteiger partial charge in [-0.3, -0.25) is 4.98 Å². The van der Waals surface area contributed by atoms with Gasteiger partial charge in [0.25, 0.3) is 0 Å². The summed E-state index contributed by atoms with van der Waals surface area (Å²) in [4.78, 5) is 4.31. The standard InChI is InChI=1S/C19H21ClN2O/c1-3-16(9-11-23-2)22-13-18(14-4-6-15(20)7-5-14)17-12-21-10-8-19(17)22/h4-8,10,12-13,16H,3,9,11H2,1-2H3. The van der Waals surface area contributed by atoms with Gasteiger partial charge in [-0.15, -0.1) is 0 Å². The van der Waals surface area contributed by atoms with Gasteiger partial charge in [0.1, 0.15) is 0 Å². The first-order valence-electron chi connectivity index (χ1n) is 7.94. The lowest BCUT2D eigenvalue weighted by Gasteiger charge is -2.18. The van der Waals surface area contributed by atoms with Crippen LogP contribution in [-0.4, -0.2) is 23.3 Å². The molecule has 3 nitrogen and oxygen atoms in total. The summed E-state index contributed by atoms with van der Waals surface area (Å²) in [5, 5.41) is 1.92. The molecule has 1 aromatic carbocycles. The molecule has 1 atom stereocenters. The van der Waals surface area contributed by atoms with Gasteiger partial charge < -0.3 is 9.30 Å². The van der Waals surface area contributed by atoms with Crippen LogP contribution in [0.4, 0.5) is 0 Å². The van der Waals surface area contributed by atoms with Crippen molar-refractivity contribution in [1.29, 1.82) is 0 Å². The summed E-state index contributed by atoms with van der Waals surface area (Å²) in [5.74, 6) is 0. The highest BCUT2D eigenvalue weighted by molar-refractivity contribution is 6.30. The van der Waals surface area contributed by atoms with Crippen LogP contribution in [0.2, 0.25) is 5.02 Å². The zero-order chi connectivity index (χ0) is 16.2. The van der Waals surface area contributed by atoms with Crippen molar-refractivity contribution in [1.82, 2.24) is 9.55 Å². The molecular formula is C19H21ClN2O. The van der Waals surface area contributed by atoms with Crippen molar-refractivity contribution in [2.75, 3.05) is 13.7 Å². The third-order valence-corrected chi connectivity index (χ3v) is 4.56. The second kappa shape index (κ2) is 7.16. The third kappa shape index (κ3) is 3.26. The largest absolute Gasteiger partial charge is 0.385 e. The molecule has 1 unspecified atom stereocenters. The van der Waals surface area contributed by atoms with Crippen LogP contribution in [0.3, 0.4) is 0 Å². The van der Waals surface area contributed by atoms with Gasteiger partial charge in [-0.25, -0.2) is 0 Å². The number of methoxy groups -OCH3 is 1. The predicted octanol–water partition coefficient (Wildman–Crippen LogP) is 5.34. The lowest BCUT2D eigenvalue weighted by molar-refractivity contribution is 0.178. The molecule has 0 aliphatic rings. The molecule has 4 heteroatoms. The molecule has 0 saturated heterocycles. The minimum atomic E-state index is 0.418. The van der Waals surface area contributed by atoms with Crippen molar-refractivity contribution in [3.8, 4) is 11.1 Å². The Hall–Kier alpha value is -1.84. The topological polar surface area (TPSA) is 27.1 Å². The van der Waals surface area contributed by atoms with Crippen LogP contribution in [0.1, 0.15) is 25.8 Å². The molecule has 0 spiro atoms. The minimum absolute atomic E-state index is 0.418. The molecule has 0 aliphatic heterocycles. The summed E-state index contributed by atoms with van der Waals surface area (Å²) >= 11 is 6.02. The molecule has 3 rings (SSSR count). The molecule has 0 bridgehead atoms. The number of ether oxygens (including phenoxy) is 1. The number of nitrogens with zero attached hydrogens (tertiary/aromatic N) is 2. The number of hydrogen-bond acceptors (Lipinski definition) is 2. The van der Waals surface area contributed by atoms with Crippen LogP contribution in [0.5, 0.6) is 0 Å². The van der Waals surface area contributed by atoms with E-state index in [1.165, 1.54) is 16.5 Å². The first-order chi connectivity index (χ1) is 11.2. The first kappa shape index (κ1) is 16.0. The molecular weight excluding hydrogens is 308 g/mol. The van der Waals surface area contributed by atoms with Crippen LogP contribution in [0.15, 0.2) is 48.9 Å². The summed E-state index contributed by atoms with van der Waals surface area (Å²) in [5.41, 5.74) is 3.57. The molecule has 0 aliphatic carbocycles. The van der Waals surface area contributed by atoms with Crippen molar-refractivity contribution < 1.29 is 4.74 Å². The first-order valence-corrected chi connectivity index (χ1v) is 8.31. The van der Waals surface area contributed by atoms with Crippen LogP contribution in [0, 0.1) is 0 Å². The van der Waals surface area contributed by atoms with E-state index in [9.17, 15) is 0 Å². The summed E-state index contributed by atoms with van der Waals surface area (Å²) in [7, 11) is 1.75. The average Bonchev–Trinajstić information content (AvgIpc) is 2.96. The fraction of sp³-hybridized carbons (Fsp3) is 0.316. The van der Waals surface area contributed by atoms with Gasteiger partial charge in [-0.05, 0) is 36.6 Å². The van der Waals surface area contributed by atoms with E-state index in [1.807, 2.05) is 24.5 Å². The van der Waals surface area contributed by atoms with E-state index in [0.717, 1.165) is 30.0 Å². The van der Waals surface area contributed by atoms with Gasteiger partial charge in [-0.2, -0.15) is 0 Å². The maximum atomic E-state index is 6.02. The Bertz CT molecular complexity index is 780. The SMILES string of the molecule is CCC(CCOC)n1cc(-c2ccc(Cl)cc2)c2cnccc21. The number of fused-ring (bicyclic) bond motifs is 1. The van der Waals surface area contributed by atoms with Crippen LogP contribution < -0.4 is 0 Å². The lowest BCUT2D eigenvalue weighted by atomic mass is 10.1. The second-order valence-electron chi connectivity index (χ2n) is 5.69. The van der Waals surface area contributed by atoms with Gasteiger partial charge in [0.2, 0.25) is 0 Å². The maximum Gasteiger partial charge on any atom is 0.0520 e. The van der Waals surface area contributed by atoms with Crippen LogP contribution in [-0.2, 0) is 4.74 Å². The monoisotopic (exact) mass is 328 g/mol. The van der Waals surface area contributed by atoms with Gasteiger partial charge >= 0.3 is 0 Å². The number of halogens is 1. The van der Waals surface area contributed by atoms with Crippen molar-refractivity contribution in [3.63, 3.8) is 0 Å². The van der Waals surface area contributed by atoms with Crippen LogP contribution in [0.25, 0.3) is 22.0 Å². The van der Waals surface area contributed by atoms with E-state index in [4.69, 9.17) is 16.3 Å². The molecule has 0 fully saturated rings. The molecule has 0 N–H and O–H groups in total. The van der Waals surface area contributed by atoms with E-state index in [-0.39, 0.29) is 0 Å². The number of pyridine rings is 1. The molecule has 2 heterocycles. The molecule has 120 valence electrons. The molecule has 23 heavy (non-hydrogen) atoms. The lowest BCUT2D eigenvalue weighted by Crippen LogP contribution is -2.09. The van der Waals surface area contributed by atoms with Crippen molar-refractivity contribution >= 4 is 22.5 Å². The Morgan fingerprint density at radius 1 is 1.22 bits per heavy atom. The van der Waals surface area contributed by atoms with E-state index in [1.54, 1.807) is 7.11 Å². The van der Waals surface area contributed by atoms with Crippen molar-refractivity contribution in [2.24, 2.45) is 0 Å². The summed E-state index contributed by atoms with van der Waals surface area (Å²) in [6.45, 7) is 2.98. The molecule has 2 aromatic heterocycles. The quantitative estimate of drug-likeness (QED) is 0.610. The highest BCUT2D eigenvalue weighted by atomic mass is 35.5. The molecule has 3 aromatic rings. The smallest absolute Gasteiger partial charge is 0.0520 e. The Kier molecular flexibility index (Phi) is 4.99. The Morgan fingerprint density at radius 3 is 2.70 bits per heavy atom. The summed E-state index contributed by atoms with van der Waals surface area (Å²) in [6, 6.07) is 10.5. The fourth-order valence-electron chi connectivity index (χ4n) is 3.05. The van der Waals surface area contributed by atoms with Crippen molar-refractivity contribution in [3.05, 3.63) is 53.9 Å². The summed E-state index contributed by atoms with van der Waals surface area (Å²) < 4.78 is 7.63. The summed E-state index contributed by atoms with van der Waals surface area (Å²) in [6.07, 6.45) is 8.10. The normalized spacial score (nSPS) is 12.7. The predicted molar refractivity (Wildman–Crippen MR) is 96.0 cm³/mol. The zero-order valence-corrected chi connectivity index (χ0v) is 14.3. The van der Waals surface area contributed by atoms with E-state index in [0.29, 0.717) is 6.04 Å². The Balaban J connectivity index is 2.11. The second-order valence-corrected chi connectivity index (χ2v) is 6.13. The van der Waals surface area contributed by atoms with E-state index >= 15 is 0 Å².